The van der Waals surface area contributed by atoms with E-state index in [0.717, 1.165) is 0 Å². The van der Waals surface area contributed by atoms with Gasteiger partial charge in [0.05, 0.1) is 12.5 Å². The fourth-order valence-electron chi connectivity index (χ4n) is 2.03. The number of H-pyrrole nitrogens is 1. The van der Waals surface area contributed by atoms with Crippen molar-refractivity contribution in [2.45, 2.75) is 0 Å². The minimum absolute atomic E-state index is 1.21. The smallest absolute Gasteiger partial charge is 0.0902 e. The third-order valence-corrected chi connectivity index (χ3v) is 2.84. The number of fused-ring (bicyclic) bond motifs is 3. The topological polar surface area (TPSA) is 28.9 Å². The molecule has 0 saturated carbocycles. The van der Waals surface area contributed by atoms with E-state index in [4.69, 9.17) is 0 Å². The average molecular weight is 235 g/mol. The highest BCUT2D eigenvalue weighted by Crippen LogP contribution is 2.24. The van der Waals surface area contributed by atoms with Crippen molar-refractivity contribution in [3.8, 4) is 0 Å². The third kappa shape index (κ3) is 2.00. The van der Waals surface area contributed by atoms with Crippen molar-refractivity contribution in [3.63, 3.8) is 0 Å². The van der Waals surface area contributed by atoms with Gasteiger partial charge in [-0.25, -0.2) is 0 Å². The van der Waals surface area contributed by atoms with E-state index in [1.807, 2.05) is 12.1 Å². The Kier molecular flexibility index (Phi) is 2.84. The summed E-state index contributed by atoms with van der Waals surface area (Å²) in [6, 6.07) is 20.4. The Balaban J connectivity index is 0.000000169. The molecule has 0 fully saturated rings. The maximum Gasteiger partial charge on any atom is 0.0902 e. The van der Waals surface area contributed by atoms with Crippen molar-refractivity contribution in [3.05, 3.63) is 73.2 Å². The summed E-state index contributed by atoms with van der Waals surface area (Å²) < 4.78 is 4.58. The van der Waals surface area contributed by atoms with Crippen molar-refractivity contribution in [2.24, 2.45) is 0 Å². The predicted molar refractivity (Wildman–Crippen MR) is 74.5 cm³/mol. The average Bonchev–Trinajstić information content (AvgIpc) is 3.10. The molecule has 0 aliphatic heterocycles. The van der Waals surface area contributed by atoms with Crippen molar-refractivity contribution in [2.75, 3.05) is 0 Å². The third-order valence-electron chi connectivity index (χ3n) is 2.84. The number of para-hydroxylation sites is 2. The van der Waals surface area contributed by atoms with Crippen LogP contribution in [-0.2, 0) is 0 Å². The first-order valence-electron chi connectivity index (χ1n) is 5.88. The highest BCUT2D eigenvalue weighted by Gasteiger charge is 2.00. The van der Waals surface area contributed by atoms with Crippen LogP contribution >= 0.6 is 0 Å². The molecule has 0 saturated heterocycles. The molecule has 0 aliphatic rings. The molecular formula is C16H13NO. The zero-order valence-electron chi connectivity index (χ0n) is 9.84. The van der Waals surface area contributed by atoms with Gasteiger partial charge in [0.25, 0.3) is 0 Å². The monoisotopic (exact) mass is 235 g/mol. The molecule has 0 bridgehead atoms. The molecular weight excluding hydrogens is 222 g/mol. The van der Waals surface area contributed by atoms with Crippen molar-refractivity contribution in [1.29, 1.82) is 0 Å². The number of aromatic amines is 1. The highest BCUT2D eigenvalue weighted by atomic mass is 16.3. The van der Waals surface area contributed by atoms with Crippen LogP contribution in [0.1, 0.15) is 0 Å². The molecule has 0 unspecified atom stereocenters. The van der Waals surface area contributed by atoms with E-state index in [2.05, 4.69) is 57.9 Å². The Morgan fingerprint density at radius 2 is 1.11 bits per heavy atom. The van der Waals surface area contributed by atoms with Gasteiger partial charge in [-0.3, -0.25) is 0 Å². The number of nitrogens with one attached hydrogen (secondary N) is 1. The molecule has 2 aromatic heterocycles. The molecule has 2 heteroatoms. The Morgan fingerprint density at radius 1 is 0.611 bits per heavy atom. The minimum atomic E-state index is 1.21. The van der Waals surface area contributed by atoms with E-state index >= 15 is 0 Å². The lowest BCUT2D eigenvalue weighted by Gasteiger charge is -1.87. The van der Waals surface area contributed by atoms with E-state index < -0.39 is 0 Å². The van der Waals surface area contributed by atoms with E-state index in [1.54, 1.807) is 12.5 Å². The molecule has 0 aliphatic carbocycles. The van der Waals surface area contributed by atoms with Crippen molar-refractivity contribution >= 4 is 21.8 Å². The van der Waals surface area contributed by atoms with E-state index in [1.165, 1.54) is 21.8 Å². The molecule has 2 heterocycles. The van der Waals surface area contributed by atoms with Gasteiger partial charge in [-0.05, 0) is 24.3 Å². The van der Waals surface area contributed by atoms with Crippen LogP contribution < -0.4 is 0 Å². The van der Waals surface area contributed by atoms with E-state index in [9.17, 15) is 0 Å². The van der Waals surface area contributed by atoms with Crippen molar-refractivity contribution in [1.82, 2.24) is 4.98 Å². The highest BCUT2D eigenvalue weighted by molar-refractivity contribution is 6.06. The van der Waals surface area contributed by atoms with Gasteiger partial charge in [-0.2, -0.15) is 0 Å². The van der Waals surface area contributed by atoms with Crippen LogP contribution in [-0.4, -0.2) is 4.98 Å². The molecule has 0 radical (unpaired) electrons. The minimum Gasteiger partial charge on any atom is -0.473 e. The van der Waals surface area contributed by atoms with Crippen LogP contribution in [0.4, 0.5) is 0 Å². The standard InChI is InChI=1S/C12H9N.C4H4O/c1-3-7-11-9(5-1)10-6-2-4-8-12(10)13-11;1-2-4-5-3-1/h1-8,13H;1-4H. The number of hydrogen-bond donors (Lipinski definition) is 1. The number of benzene rings is 2. The van der Waals surface area contributed by atoms with Crippen molar-refractivity contribution < 1.29 is 4.42 Å². The van der Waals surface area contributed by atoms with Gasteiger partial charge in [0.2, 0.25) is 0 Å². The first-order valence-corrected chi connectivity index (χ1v) is 5.88. The lowest BCUT2D eigenvalue weighted by molar-refractivity contribution is 0.567. The van der Waals surface area contributed by atoms with Gasteiger partial charge in [-0.1, -0.05) is 36.4 Å². The molecule has 88 valence electrons. The van der Waals surface area contributed by atoms with Crippen LogP contribution in [0.3, 0.4) is 0 Å². The zero-order valence-corrected chi connectivity index (χ0v) is 9.84. The van der Waals surface area contributed by atoms with Gasteiger partial charge in [0.15, 0.2) is 0 Å². The molecule has 1 N–H and O–H groups in total. The maximum atomic E-state index is 4.58. The van der Waals surface area contributed by atoms with Crippen LogP contribution in [0, 0.1) is 0 Å². The number of rotatable bonds is 0. The molecule has 18 heavy (non-hydrogen) atoms. The van der Waals surface area contributed by atoms with Gasteiger partial charge >= 0.3 is 0 Å². The summed E-state index contributed by atoms with van der Waals surface area (Å²) in [5, 5.41) is 2.61. The normalized spacial score (nSPS) is 10.2. The summed E-state index contributed by atoms with van der Waals surface area (Å²) >= 11 is 0. The molecule has 4 rings (SSSR count). The lowest BCUT2D eigenvalue weighted by atomic mass is 10.2. The fourth-order valence-corrected chi connectivity index (χ4v) is 2.03. The second kappa shape index (κ2) is 4.80. The molecule has 0 spiro atoms. The summed E-state index contributed by atoms with van der Waals surface area (Å²) in [5.41, 5.74) is 2.42. The summed E-state index contributed by atoms with van der Waals surface area (Å²) in [7, 11) is 0. The summed E-state index contributed by atoms with van der Waals surface area (Å²) in [6.45, 7) is 0. The number of furan rings is 1. The summed E-state index contributed by atoms with van der Waals surface area (Å²) in [6.07, 6.45) is 3.25. The second-order valence-electron chi connectivity index (χ2n) is 4.01. The van der Waals surface area contributed by atoms with Gasteiger partial charge in [0, 0.05) is 21.8 Å². The van der Waals surface area contributed by atoms with Gasteiger partial charge < -0.3 is 9.40 Å². The molecule has 2 aromatic carbocycles. The van der Waals surface area contributed by atoms with Crippen LogP contribution in [0.15, 0.2) is 77.6 Å². The Morgan fingerprint density at radius 3 is 1.56 bits per heavy atom. The molecule has 0 atom stereocenters. The number of aromatic nitrogens is 1. The first kappa shape index (κ1) is 10.7. The Bertz CT molecular complexity index is 670. The van der Waals surface area contributed by atoms with Gasteiger partial charge in [0.1, 0.15) is 0 Å². The molecule has 0 amide bonds. The lowest BCUT2D eigenvalue weighted by Crippen LogP contribution is -1.62. The SMILES string of the molecule is c1ccc2c(c1)[nH]c1ccccc12.c1ccoc1. The molecule has 2 nitrogen and oxygen atoms in total. The maximum absolute atomic E-state index is 4.58. The fraction of sp³-hybridized carbons (Fsp3) is 0. The van der Waals surface area contributed by atoms with E-state index in [0.29, 0.717) is 0 Å². The van der Waals surface area contributed by atoms with Crippen LogP contribution in [0.5, 0.6) is 0 Å². The number of hydrogen-bond acceptors (Lipinski definition) is 1. The Labute approximate surface area is 105 Å². The second-order valence-corrected chi connectivity index (χ2v) is 4.01. The zero-order chi connectivity index (χ0) is 12.2. The van der Waals surface area contributed by atoms with Crippen LogP contribution in [0.2, 0.25) is 0 Å². The summed E-state index contributed by atoms with van der Waals surface area (Å²) in [4.78, 5) is 3.38. The first-order chi connectivity index (χ1) is 8.95. The predicted octanol–water partition coefficient (Wildman–Crippen LogP) is 4.60. The summed E-state index contributed by atoms with van der Waals surface area (Å²) in [5.74, 6) is 0. The Hall–Kier alpha value is -2.48. The van der Waals surface area contributed by atoms with Gasteiger partial charge in [-0.15, -0.1) is 0 Å². The largest absolute Gasteiger partial charge is 0.473 e. The molecule has 4 aromatic rings. The van der Waals surface area contributed by atoms with Crippen LogP contribution in [0.25, 0.3) is 21.8 Å². The van der Waals surface area contributed by atoms with E-state index in [-0.39, 0.29) is 0 Å². The quantitative estimate of drug-likeness (QED) is 0.474.